The van der Waals surface area contributed by atoms with Crippen LogP contribution in [0, 0.1) is 12.7 Å². The van der Waals surface area contributed by atoms with E-state index in [4.69, 9.17) is 4.74 Å². The van der Waals surface area contributed by atoms with Crippen molar-refractivity contribution in [2.75, 3.05) is 19.7 Å². The van der Waals surface area contributed by atoms with Crippen molar-refractivity contribution in [3.63, 3.8) is 0 Å². The van der Waals surface area contributed by atoms with E-state index in [1.165, 1.54) is 15.6 Å². The first-order valence-electron chi connectivity index (χ1n) is 13.3. The van der Waals surface area contributed by atoms with E-state index >= 15 is 4.39 Å². The van der Waals surface area contributed by atoms with Gasteiger partial charge in [0.05, 0.1) is 11.6 Å². The van der Waals surface area contributed by atoms with Gasteiger partial charge in [0.1, 0.15) is 23.9 Å². The van der Waals surface area contributed by atoms with Crippen LogP contribution in [0.5, 0.6) is 0 Å². The Morgan fingerprint density at radius 1 is 1.13 bits per heavy atom. The quantitative estimate of drug-likeness (QED) is 0.336. The van der Waals surface area contributed by atoms with Gasteiger partial charge < -0.3 is 15.0 Å². The van der Waals surface area contributed by atoms with Crippen LogP contribution in [0.3, 0.4) is 0 Å². The highest BCUT2D eigenvalue weighted by molar-refractivity contribution is 5.89. The molecule has 5 rings (SSSR count). The molecule has 0 unspecified atom stereocenters. The molecular weight excluding hydrogens is 497 g/mol. The molecular formula is C30H32FN5O3. The van der Waals surface area contributed by atoms with Gasteiger partial charge >= 0.3 is 0 Å². The van der Waals surface area contributed by atoms with Crippen molar-refractivity contribution in [1.82, 2.24) is 25.2 Å². The minimum Gasteiger partial charge on any atom is -0.376 e. The van der Waals surface area contributed by atoms with Gasteiger partial charge in [-0.15, -0.1) is 5.10 Å². The molecule has 39 heavy (non-hydrogen) atoms. The number of aryl methyl sites for hydroxylation is 1. The fraction of sp³-hybridized carbons (Fsp3) is 0.333. The van der Waals surface area contributed by atoms with Crippen LogP contribution in [0.15, 0.2) is 72.8 Å². The number of ether oxygens (including phenoxy) is 1. The molecule has 2 atom stereocenters. The summed E-state index contributed by atoms with van der Waals surface area (Å²) in [6.45, 7) is 3.03. The van der Waals surface area contributed by atoms with E-state index in [2.05, 4.69) is 15.6 Å². The minimum atomic E-state index is -1.17. The molecule has 1 aliphatic rings. The number of carbonyl (C=O) groups is 2. The Labute approximate surface area is 226 Å². The number of nitrogens with zero attached hydrogens (tertiary/aromatic N) is 4. The second-order valence-electron chi connectivity index (χ2n) is 9.87. The molecule has 9 heteroatoms. The summed E-state index contributed by atoms with van der Waals surface area (Å²) in [6, 6.07) is 20.3. The second-order valence-corrected chi connectivity index (χ2v) is 9.87. The van der Waals surface area contributed by atoms with Gasteiger partial charge in [0.15, 0.2) is 0 Å². The van der Waals surface area contributed by atoms with Crippen LogP contribution >= 0.6 is 0 Å². The van der Waals surface area contributed by atoms with Gasteiger partial charge in [0, 0.05) is 25.3 Å². The average Bonchev–Trinajstić information content (AvgIpc) is 3.61. The van der Waals surface area contributed by atoms with Crippen molar-refractivity contribution >= 4 is 22.8 Å². The van der Waals surface area contributed by atoms with Gasteiger partial charge in [0.25, 0.3) is 0 Å². The Morgan fingerprint density at radius 2 is 1.95 bits per heavy atom. The normalized spacial score (nSPS) is 15.8. The van der Waals surface area contributed by atoms with Gasteiger partial charge in [-0.2, -0.15) is 0 Å². The summed E-state index contributed by atoms with van der Waals surface area (Å²) in [5.74, 6) is -1.36. The summed E-state index contributed by atoms with van der Waals surface area (Å²) in [5.41, 5.74) is 3.63. The first-order chi connectivity index (χ1) is 19.0. The van der Waals surface area contributed by atoms with Crippen LogP contribution < -0.4 is 5.32 Å². The predicted molar refractivity (Wildman–Crippen MR) is 145 cm³/mol. The molecule has 0 bridgehead atoms. The molecule has 2 heterocycles. The third kappa shape index (κ3) is 6.31. The number of halogens is 1. The smallest absolute Gasteiger partial charge is 0.247 e. The molecule has 0 spiro atoms. The van der Waals surface area contributed by atoms with Crippen LogP contribution in [0.25, 0.3) is 11.0 Å². The van der Waals surface area contributed by atoms with Crippen molar-refractivity contribution in [2.45, 2.75) is 44.9 Å². The topological polar surface area (TPSA) is 89.4 Å². The van der Waals surface area contributed by atoms with E-state index in [-0.39, 0.29) is 30.7 Å². The Morgan fingerprint density at radius 3 is 2.74 bits per heavy atom. The number of hydrogen-bond acceptors (Lipinski definition) is 5. The Bertz CT molecular complexity index is 1450. The lowest BCUT2D eigenvalue weighted by Gasteiger charge is -2.32. The molecule has 0 radical (unpaired) electrons. The highest BCUT2D eigenvalue weighted by Crippen LogP contribution is 2.26. The monoisotopic (exact) mass is 529 g/mol. The molecule has 1 N–H and O–H groups in total. The van der Waals surface area contributed by atoms with Crippen molar-refractivity contribution in [3.05, 3.63) is 95.3 Å². The van der Waals surface area contributed by atoms with Gasteiger partial charge in [-0.25, -0.2) is 9.07 Å². The zero-order valence-corrected chi connectivity index (χ0v) is 21.9. The largest absolute Gasteiger partial charge is 0.376 e. The molecule has 1 aromatic heterocycles. The fourth-order valence-electron chi connectivity index (χ4n) is 5.03. The molecule has 3 aromatic carbocycles. The Kier molecular flexibility index (Phi) is 8.27. The first-order valence-corrected chi connectivity index (χ1v) is 13.3. The van der Waals surface area contributed by atoms with E-state index in [1.54, 1.807) is 18.2 Å². The number of aromatic nitrogens is 3. The van der Waals surface area contributed by atoms with Crippen molar-refractivity contribution in [1.29, 1.82) is 0 Å². The summed E-state index contributed by atoms with van der Waals surface area (Å²) < 4.78 is 22.4. The standard InChI is InChI=1S/C30H32FN5O3/c1-21-8-6-9-22(18-21)15-16-35(28(37)20-36-27-14-5-4-13-26(27)33-34-36)29(24-11-2-3-12-25(24)31)30(38)32-19-23-10-7-17-39-23/h2-6,8-9,11-14,18,23,29H,7,10,15-17,19-20H2,1H3,(H,32,38)/t23-,29-/m0/s1. The molecule has 0 saturated carbocycles. The fourth-order valence-corrected chi connectivity index (χ4v) is 5.03. The molecule has 1 fully saturated rings. The van der Waals surface area contributed by atoms with Crippen LogP contribution in [-0.2, 0) is 27.3 Å². The van der Waals surface area contributed by atoms with E-state index in [0.717, 1.165) is 24.0 Å². The highest BCUT2D eigenvalue weighted by Gasteiger charge is 2.34. The second kappa shape index (κ2) is 12.2. The Hall–Kier alpha value is -4.11. The van der Waals surface area contributed by atoms with Crippen molar-refractivity contribution in [2.24, 2.45) is 0 Å². The third-order valence-electron chi connectivity index (χ3n) is 7.04. The highest BCUT2D eigenvalue weighted by atomic mass is 19.1. The maximum atomic E-state index is 15.2. The molecule has 1 aliphatic heterocycles. The molecule has 1 saturated heterocycles. The summed E-state index contributed by atoms with van der Waals surface area (Å²) in [6.07, 6.45) is 2.19. The van der Waals surface area contributed by atoms with Crippen LogP contribution in [0.2, 0.25) is 0 Å². The molecule has 202 valence electrons. The zero-order valence-electron chi connectivity index (χ0n) is 21.9. The molecule has 8 nitrogen and oxygen atoms in total. The SMILES string of the molecule is Cc1cccc(CCN(C(=O)Cn2nnc3ccccc32)[C@H](C(=O)NC[C@@H]2CCCO2)c2ccccc2F)c1. The lowest BCUT2D eigenvalue weighted by atomic mass is 10.0. The molecule has 2 amide bonds. The number of nitrogens with one attached hydrogen (secondary N) is 1. The summed E-state index contributed by atoms with van der Waals surface area (Å²) in [4.78, 5) is 29.1. The maximum absolute atomic E-state index is 15.2. The lowest BCUT2D eigenvalue weighted by molar-refractivity contribution is -0.141. The summed E-state index contributed by atoms with van der Waals surface area (Å²) in [5, 5.41) is 11.2. The van der Waals surface area contributed by atoms with Gasteiger partial charge in [-0.3, -0.25) is 9.59 Å². The van der Waals surface area contributed by atoms with E-state index < -0.39 is 17.8 Å². The van der Waals surface area contributed by atoms with E-state index in [1.807, 2.05) is 55.5 Å². The number of rotatable bonds is 10. The number of hydrogen-bond donors (Lipinski definition) is 1. The van der Waals surface area contributed by atoms with E-state index in [0.29, 0.717) is 30.6 Å². The van der Waals surface area contributed by atoms with Crippen LogP contribution in [-0.4, -0.2) is 57.5 Å². The summed E-state index contributed by atoms with van der Waals surface area (Å²) >= 11 is 0. The first kappa shape index (κ1) is 26.5. The van der Waals surface area contributed by atoms with E-state index in [9.17, 15) is 9.59 Å². The van der Waals surface area contributed by atoms with Gasteiger partial charge in [-0.1, -0.05) is 65.4 Å². The van der Waals surface area contributed by atoms with Gasteiger partial charge in [-0.05, 0) is 49.9 Å². The lowest BCUT2D eigenvalue weighted by Crippen LogP contribution is -2.47. The number of para-hydroxylation sites is 1. The van der Waals surface area contributed by atoms with Crippen molar-refractivity contribution < 1.29 is 18.7 Å². The van der Waals surface area contributed by atoms with Crippen molar-refractivity contribution in [3.8, 4) is 0 Å². The predicted octanol–water partition coefficient (Wildman–Crippen LogP) is 3.99. The number of amides is 2. The van der Waals surface area contributed by atoms with Crippen LogP contribution in [0.1, 0.15) is 35.6 Å². The number of fused-ring (bicyclic) bond motifs is 1. The zero-order chi connectivity index (χ0) is 27.2. The third-order valence-corrected chi connectivity index (χ3v) is 7.04. The molecule has 0 aliphatic carbocycles. The average molecular weight is 530 g/mol. The van der Waals surface area contributed by atoms with Crippen LogP contribution in [0.4, 0.5) is 4.39 Å². The maximum Gasteiger partial charge on any atom is 0.247 e. The number of benzene rings is 3. The van der Waals surface area contributed by atoms with Gasteiger partial charge in [0.2, 0.25) is 11.8 Å². The summed E-state index contributed by atoms with van der Waals surface area (Å²) in [7, 11) is 0. The Balaban J connectivity index is 1.47. The minimum absolute atomic E-state index is 0.0896. The number of carbonyl (C=O) groups excluding carboxylic acids is 2. The molecule has 4 aromatic rings.